The van der Waals surface area contributed by atoms with Crippen molar-refractivity contribution in [3.63, 3.8) is 0 Å². The Kier molecular flexibility index (Phi) is 4.19. The molecule has 6 rings (SSSR count). The van der Waals surface area contributed by atoms with Crippen LogP contribution in [0.4, 0.5) is 17.1 Å². The summed E-state index contributed by atoms with van der Waals surface area (Å²) in [5.41, 5.74) is 8.91. The van der Waals surface area contributed by atoms with Crippen LogP contribution in [0.5, 0.6) is 0 Å². The first kappa shape index (κ1) is 18.9. The van der Waals surface area contributed by atoms with Crippen LogP contribution < -0.4 is 4.90 Å². The topological polar surface area (TPSA) is 3.24 Å². The summed E-state index contributed by atoms with van der Waals surface area (Å²) in [5, 5.41) is 2.66. The summed E-state index contributed by atoms with van der Waals surface area (Å²) >= 11 is 0. The highest BCUT2D eigenvalue weighted by Gasteiger charge is 2.35. The zero-order chi connectivity index (χ0) is 21.7. The van der Waals surface area contributed by atoms with E-state index in [9.17, 15) is 0 Å². The third-order valence-electron chi connectivity index (χ3n) is 6.84. The molecule has 154 valence electrons. The maximum atomic E-state index is 2.39. The van der Waals surface area contributed by atoms with Gasteiger partial charge in [-0.25, -0.2) is 0 Å². The molecule has 0 aliphatic heterocycles. The molecule has 0 heterocycles. The molecule has 0 radical (unpaired) electrons. The summed E-state index contributed by atoms with van der Waals surface area (Å²) < 4.78 is 0. The molecule has 0 spiro atoms. The Labute approximate surface area is 189 Å². The van der Waals surface area contributed by atoms with Crippen LogP contribution >= 0.6 is 0 Å². The molecule has 1 nitrogen and oxygen atoms in total. The zero-order valence-corrected chi connectivity index (χ0v) is 18.4. The Balaban J connectivity index is 1.76. The highest BCUT2D eigenvalue weighted by Crippen LogP contribution is 2.53. The molecule has 0 unspecified atom stereocenters. The lowest BCUT2D eigenvalue weighted by Gasteiger charge is -2.37. The quantitative estimate of drug-likeness (QED) is 0.287. The molecule has 0 N–H and O–H groups in total. The lowest BCUT2D eigenvalue weighted by Crippen LogP contribution is -2.24. The van der Waals surface area contributed by atoms with Crippen molar-refractivity contribution >= 4 is 27.8 Å². The average Bonchev–Trinajstić information content (AvgIpc) is 2.84. The summed E-state index contributed by atoms with van der Waals surface area (Å²) in [5.74, 6) is 0. The van der Waals surface area contributed by atoms with Crippen LogP contribution in [0.15, 0.2) is 115 Å². The lowest BCUT2D eigenvalue weighted by atomic mass is 9.68. The van der Waals surface area contributed by atoms with Crippen LogP contribution in [-0.2, 0) is 5.41 Å². The number of hydrogen-bond acceptors (Lipinski definition) is 1. The number of anilines is 3. The van der Waals surface area contributed by atoms with Gasteiger partial charge in [-0.15, -0.1) is 0 Å². The molecule has 32 heavy (non-hydrogen) atoms. The molecule has 0 amide bonds. The van der Waals surface area contributed by atoms with Gasteiger partial charge in [0.25, 0.3) is 0 Å². The number of para-hydroxylation sites is 2. The van der Waals surface area contributed by atoms with Gasteiger partial charge < -0.3 is 4.90 Å². The van der Waals surface area contributed by atoms with Gasteiger partial charge in [0.15, 0.2) is 0 Å². The summed E-state index contributed by atoms with van der Waals surface area (Å²) in [6.07, 6.45) is 0. The Morgan fingerprint density at radius 2 is 1.12 bits per heavy atom. The van der Waals surface area contributed by atoms with E-state index in [-0.39, 0.29) is 5.41 Å². The van der Waals surface area contributed by atoms with E-state index < -0.39 is 0 Å². The standard InChI is InChI=1S/C31H25N/c1-31(2)26-18-10-9-17-25(26)30-28(21-20-22-12-11-19-27(31)29(22)30)32(23-13-5-3-6-14-23)24-15-7-4-8-16-24/h3-21H,1-2H3. The summed E-state index contributed by atoms with van der Waals surface area (Å²) in [6.45, 7) is 4.70. The molecule has 0 atom stereocenters. The predicted molar refractivity (Wildman–Crippen MR) is 136 cm³/mol. The number of nitrogens with zero attached hydrogens (tertiary/aromatic N) is 1. The minimum absolute atomic E-state index is 0.0496. The van der Waals surface area contributed by atoms with E-state index in [4.69, 9.17) is 0 Å². The van der Waals surface area contributed by atoms with Crippen LogP contribution in [0.25, 0.3) is 21.9 Å². The van der Waals surface area contributed by atoms with Gasteiger partial charge in [-0.3, -0.25) is 0 Å². The monoisotopic (exact) mass is 411 g/mol. The van der Waals surface area contributed by atoms with Crippen LogP contribution in [0.2, 0.25) is 0 Å². The second-order valence-electron chi connectivity index (χ2n) is 9.04. The fraction of sp³-hybridized carbons (Fsp3) is 0.0968. The molecule has 1 aliphatic carbocycles. The van der Waals surface area contributed by atoms with Crippen molar-refractivity contribution in [2.45, 2.75) is 19.3 Å². The van der Waals surface area contributed by atoms with E-state index in [1.165, 1.54) is 38.7 Å². The van der Waals surface area contributed by atoms with Gasteiger partial charge in [-0.2, -0.15) is 0 Å². The molecule has 0 saturated heterocycles. The Morgan fingerprint density at radius 1 is 0.531 bits per heavy atom. The normalized spacial score (nSPS) is 13.6. The molecule has 0 fully saturated rings. The van der Waals surface area contributed by atoms with Gasteiger partial charge in [-0.1, -0.05) is 98.8 Å². The van der Waals surface area contributed by atoms with E-state index in [1.54, 1.807) is 0 Å². The van der Waals surface area contributed by atoms with Crippen LogP contribution in [0.3, 0.4) is 0 Å². The lowest BCUT2D eigenvalue weighted by molar-refractivity contribution is 0.645. The molecule has 5 aromatic carbocycles. The van der Waals surface area contributed by atoms with Crippen molar-refractivity contribution < 1.29 is 0 Å². The number of fused-ring (bicyclic) bond motifs is 2. The van der Waals surface area contributed by atoms with Crippen molar-refractivity contribution in [1.82, 2.24) is 0 Å². The maximum Gasteiger partial charge on any atom is 0.0546 e. The van der Waals surface area contributed by atoms with Gasteiger partial charge in [0, 0.05) is 22.4 Å². The molecule has 0 aromatic heterocycles. The minimum Gasteiger partial charge on any atom is -0.310 e. The van der Waals surface area contributed by atoms with Gasteiger partial charge in [0.05, 0.1) is 5.69 Å². The highest BCUT2D eigenvalue weighted by molar-refractivity contribution is 6.10. The summed E-state index contributed by atoms with van der Waals surface area (Å²) in [4.78, 5) is 2.39. The van der Waals surface area contributed by atoms with E-state index in [0.717, 1.165) is 11.4 Å². The SMILES string of the molecule is CC1(C)c2ccccc2-c2c(N(c3ccccc3)c3ccccc3)ccc3cccc1c23. The van der Waals surface area contributed by atoms with Crippen molar-refractivity contribution in [1.29, 1.82) is 0 Å². The summed E-state index contributed by atoms with van der Waals surface area (Å²) in [7, 11) is 0. The molecule has 0 saturated carbocycles. The first-order chi connectivity index (χ1) is 15.7. The van der Waals surface area contributed by atoms with Crippen molar-refractivity contribution in [2.24, 2.45) is 0 Å². The van der Waals surface area contributed by atoms with Gasteiger partial charge in [-0.05, 0) is 57.8 Å². The summed E-state index contributed by atoms with van der Waals surface area (Å²) in [6, 6.07) is 41.6. The largest absolute Gasteiger partial charge is 0.310 e. The van der Waals surface area contributed by atoms with Gasteiger partial charge in [0.1, 0.15) is 0 Å². The number of hydrogen-bond donors (Lipinski definition) is 0. The second-order valence-corrected chi connectivity index (χ2v) is 9.04. The van der Waals surface area contributed by atoms with Crippen molar-refractivity contribution in [2.75, 3.05) is 4.90 Å². The smallest absolute Gasteiger partial charge is 0.0546 e. The van der Waals surface area contributed by atoms with E-state index in [1.807, 2.05) is 0 Å². The van der Waals surface area contributed by atoms with E-state index >= 15 is 0 Å². The van der Waals surface area contributed by atoms with Crippen molar-refractivity contribution in [3.8, 4) is 11.1 Å². The van der Waals surface area contributed by atoms with E-state index in [2.05, 4.69) is 134 Å². The predicted octanol–water partition coefficient (Wildman–Crippen LogP) is 8.62. The molecule has 5 aromatic rings. The molecular weight excluding hydrogens is 386 g/mol. The van der Waals surface area contributed by atoms with Crippen molar-refractivity contribution in [3.05, 3.63) is 126 Å². The number of rotatable bonds is 3. The highest BCUT2D eigenvalue weighted by atomic mass is 15.1. The van der Waals surface area contributed by atoms with Crippen LogP contribution in [0.1, 0.15) is 25.0 Å². The van der Waals surface area contributed by atoms with Crippen LogP contribution in [-0.4, -0.2) is 0 Å². The molecule has 0 bridgehead atoms. The average molecular weight is 412 g/mol. The fourth-order valence-electron chi connectivity index (χ4n) is 5.32. The Hall–Kier alpha value is -3.84. The zero-order valence-electron chi connectivity index (χ0n) is 18.4. The Bertz CT molecular complexity index is 1390. The molecule has 1 heteroatoms. The van der Waals surface area contributed by atoms with Gasteiger partial charge in [0.2, 0.25) is 0 Å². The van der Waals surface area contributed by atoms with E-state index in [0.29, 0.717) is 0 Å². The number of benzene rings is 5. The first-order valence-electron chi connectivity index (χ1n) is 11.2. The third-order valence-corrected chi connectivity index (χ3v) is 6.84. The van der Waals surface area contributed by atoms with Gasteiger partial charge >= 0.3 is 0 Å². The second kappa shape index (κ2) is 7.10. The molecular formula is C31H25N. The van der Waals surface area contributed by atoms with Crippen LogP contribution in [0, 0.1) is 0 Å². The molecule has 1 aliphatic rings. The fourth-order valence-corrected chi connectivity index (χ4v) is 5.32. The Morgan fingerprint density at radius 3 is 1.81 bits per heavy atom. The first-order valence-corrected chi connectivity index (χ1v) is 11.2. The maximum absolute atomic E-state index is 2.39. The minimum atomic E-state index is -0.0496. The third kappa shape index (κ3) is 2.71.